The number of hydrogen-bond acceptors (Lipinski definition) is 4. The number of nitrogens with two attached hydrogens (primary N) is 4. The van der Waals surface area contributed by atoms with E-state index < -0.39 is 24.1 Å². The summed E-state index contributed by atoms with van der Waals surface area (Å²) in [7, 11) is 0. The first-order valence-electron chi connectivity index (χ1n) is 9.60. The third kappa shape index (κ3) is 8.44. The fourth-order valence-corrected chi connectivity index (χ4v) is 2.30. The van der Waals surface area contributed by atoms with Gasteiger partial charge in [0, 0.05) is 16.6 Å². The Bertz CT molecular complexity index is 1120. The van der Waals surface area contributed by atoms with Gasteiger partial charge in [-0.1, -0.05) is 32.0 Å². The molecule has 0 spiro atoms. The molecule has 0 aliphatic rings. The summed E-state index contributed by atoms with van der Waals surface area (Å²) in [6.45, 7) is 2.17. The van der Waals surface area contributed by atoms with Crippen LogP contribution in [0.5, 0.6) is 0 Å². The van der Waals surface area contributed by atoms with E-state index in [1.165, 1.54) is 0 Å². The molecule has 0 saturated heterocycles. The van der Waals surface area contributed by atoms with Crippen molar-refractivity contribution in [2.24, 2.45) is 11.5 Å². The van der Waals surface area contributed by atoms with Crippen molar-refractivity contribution >= 4 is 34.5 Å². The third-order valence-corrected chi connectivity index (χ3v) is 4.18. The molecule has 11 N–H and O–H groups in total. The first-order valence-corrected chi connectivity index (χ1v) is 9.60. The van der Waals surface area contributed by atoms with Gasteiger partial charge in [0.1, 0.15) is 0 Å². The Labute approximate surface area is 189 Å². The lowest BCUT2D eigenvalue weighted by Crippen LogP contribution is -2.46. The molecule has 0 bridgehead atoms. The van der Waals surface area contributed by atoms with Crippen LogP contribution >= 0.6 is 0 Å². The van der Waals surface area contributed by atoms with E-state index in [2.05, 4.69) is 11.1 Å². The fraction of sp³-hybridized carbons (Fsp3) is 0.182. The van der Waals surface area contributed by atoms with E-state index in [1.54, 1.807) is 0 Å². The van der Waals surface area contributed by atoms with Crippen LogP contribution in [-0.2, 0) is 9.59 Å². The zero-order valence-corrected chi connectivity index (χ0v) is 18.1. The molecule has 33 heavy (non-hydrogen) atoms. The number of fused-ring (bicyclic) bond motifs is 1. The summed E-state index contributed by atoms with van der Waals surface area (Å²) in [6, 6.07) is 15.7. The van der Waals surface area contributed by atoms with Crippen LogP contribution in [0.4, 0.5) is 0 Å². The quantitative estimate of drug-likeness (QED) is 0.149. The van der Waals surface area contributed by atoms with Crippen LogP contribution in [0, 0.1) is 0 Å². The molecule has 2 unspecified atom stereocenters. The van der Waals surface area contributed by atoms with Gasteiger partial charge in [-0.05, 0) is 48.1 Å². The highest BCUT2D eigenvalue weighted by molar-refractivity contribution is 5.98. The first-order chi connectivity index (χ1) is 15.3. The molecule has 2 aromatic carbocycles. The maximum atomic E-state index is 9.63. The van der Waals surface area contributed by atoms with Gasteiger partial charge in [0.2, 0.25) is 0 Å². The number of aromatic amines is 1. The third-order valence-electron chi connectivity index (χ3n) is 4.18. The molecule has 0 fully saturated rings. The Morgan fingerprint density at radius 3 is 1.67 bits per heavy atom. The number of amidine groups is 2. The van der Waals surface area contributed by atoms with Crippen LogP contribution in [0.25, 0.3) is 22.2 Å². The molecule has 11 heteroatoms. The molecule has 11 nitrogen and oxygen atoms in total. The van der Waals surface area contributed by atoms with Gasteiger partial charge >= 0.3 is 0 Å². The maximum absolute atomic E-state index is 9.63. The SMILES string of the molecule is CC([O-])C(=O)O.CC([O-])C(=O)O.NC(=[NH2+])c1ccc(-c2cc3ccc(C(N)=[NH2+])cc3[nH]2)cc1. The molecular formula is C22H27N5O6. The predicted octanol–water partition coefficient (Wildman–Crippen LogP) is -3.60. The van der Waals surface area contributed by atoms with E-state index in [4.69, 9.17) is 32.5 Å². The van der Waals surface area contributed by atoms with Crippen LogP contribution in [-0.4, -0.2) is 51.0 Å². The van der Waals surface area contributed by atoms with Crippen molar-refractivity contribution in [2.45, 2.75) is 26.1 Å². The maximum Gasteiger partial charge on any atom is 0.289 e. The second-order valence-electron chi connectivity index (χ2n) is 6.93. The van der Waals surface area contributed by atoms with E-state index in [1.807, 2.05) is 42.5 Å². The number of carboxylic acids is 2. The summed E-state index contributed by atoms with van der Waals surface area (Å²) in [5.74, 6) is -1.96. The standard InChI is InChI=1S/C16H15N5.2C3H5O3/c17-15(18)10-3-1-9(2-4-10)13-7-11-5-6-12(16(19)20)8-14(11)21-13;2*1-2(4)3(5)6/h1-8,21H,(H3,17,18)(H3,19,20);2*2H,1H3,(H,5,6)/q;2*-1/p+2. The van der Waals surface area contributed by atoms with Crippen LogP contribution in [0.1, 0.15) is 25.0 Å². The lowest BCUT2D eigenvalue weighted by molar-refractivity contribution is -0.402. The first kappa shape index (κ1) is 26.8. The van der Waals surface area contributed by atoms with E-state index in [0.717, 1.165) is 47.1 Å². The number of carboxylic acid groups (broad SMARTS) is 2. The van der Waals surface area contributed by atoms with Crippen LogP contribution in [0.15, 0.2) is 48.5 Å². The van der Waals surface area contributed by atoms with E-state index >= 15 is 0 Å². The van der Waals surface area contributed by atoms with Crippen molar-refractivity contribution in [3.8, 4) is 11.3 Å². The van der Waals surface area contributed by atoms with E-state index in [9.17, 15) is 19.8 Å². The molecule has 0 amide bonds. The van der Waals surface area contributed by atoms with Gasteiger partial charge < -0.3 is 25.4 Å². The normalized spacial score (nSPS) is 11.8. The minimum Gasteiger partial charge on any atom is -0.844 e. The second-order valence-corrected chi connectivity index (χ2v) is 6.93. The van der Waals surface area contributed by atoms with Crippen molar-refractivity contribution in [1.82, 2.24) is 4.98 Å². The summed E-state index contributed by atoms with van der Waals surface area (Å²) in [6.07, 6.45) is -2.96. The van der Waals surface area contributed by atoms with Crippen LogP contribution < -0.4 is 32.5 Å². The second kappa shape index (κ2) is 12.0. The molecule has 176 valence electrons. The predicted molar refractivity (Wildman–Crippen MR) is 118 cm³/mol. The summed E-state index contributed by atoms with van der Waals surface area (Å²) >= 11 is 0. The minimum atomic E-state index is -1.48. The number of hydrogen-bond donors (Lipinski definition) is 7. The van der Waals surface area contributed by atoms with Crippen LogP contribution in [0.3, 0.4) is 0 Å². The highest BCUT2D eigenvalue weighted by Gasteiger charge is 2.08. The molecule has 2 atom stereocenters. The average Bonchev–Trinajstić information content (AvgIpc) is 3.18. The molecule has 0 aliphatic carbocycles. The molecule has 0 radical (unpaired) electrons. The summed E-state index contributed by atoms with van der Waals surface area (Å²) in [5.41, 5.74) is 15.9. The van der Waals surface area contributed by atoms with Crippen molar-refractivity contribution in [2.75, 3.05) is 0 Å². The average molecular weight is 457 g/mol. The van der Waals surface area contributed by atoms with Crippen molar-refractivity contribution < 1.29 is 40.8 Å². The number of H-pyrrole nitrogens is 1. The summed E-state index contributed by atoms with van der Waals surface area (Å²) < 4.78 is 0. The van der Waals surface area contributed by atoms with Gasteiger partial charge in [-0.2, -0.15) is 0 Å². The number of aromatic nitrogens is 1. The molecule has 1 aromatic heterocycles. The number of rotatable bonds is 5. The zero-order valence-electron chi connectivity index (χ0n) is 18.1. The molecule has 1 heterocycles. The highest BCUT2D eigenvalue weighted by Crippen LogP contribution is 2.25. The van der Waals surface area contributed by atoms with Gasteiger partial charge in [0.15, 0.2) is 0 Å². The van der Waals surface area contributed by atoms with Gasteiger partial charge in [-0.25, -0.2) is 0 Å². The van der Waals surface area contributed by atoms with E-state index in [-0.39, 0.29) is 0 Å². The Morgan fingerprint density at radius 2 is 1.27 bits per heavy atom. The molecule has 3 rings (SSSR count). The number of aliphatic carboxylic acids is 2. The van der Waals surface area contributed by atoms with Gasteiger partial charge in [0.25, 0.3) is 23.6 Å². The smallest absolute Gasteiger partial charge is 0.289 e. The Balaban J connectivity index is 0.000000377. The Morgan fingerprint density at radius 1 is 0.848 bits per heavy atom. The monoisotopic (exact) mass is 457 g/mol. The minimum absolute atomic E-state index is 0.311. The van der Waals surface area contributed by atoms with Crippen molar-refractivity contribution in [3.05, 3.63) is 59.7 Å². The molecular weight excluding hydrogens is 430 g/mol. The fourth-order valence-electron chi connectivity index (χ4n) is 2.30. The Kier molecular flexibility index (Phi) is 9.73. The molecule has 3 aromatic rings. The number of nitrogens with one attached hydrogen (secondary N) is 1. The number of carbonyl (C=O) groups is 2. The topological polar surface area (TPSA) is 240 Å². The van der Waals surface area contributed by atoms with Gasteiger partial charge in [-0.15, -0.1) is 0 Å². The van der Waals surface area contributed by atoms with Crippen molar-refractivity contribution in [1.29, 1.82) is 0 Å². The highest BCUT2D eigenvalue weighted by atomic mass is 16.4. The Hall–Kier alpha value is -4.22. The molecule has 0 aliphatic heterocycles. The lowest BCUT2D eigenvalue weighted by Gasteiger charge is -2.05. The largest absolute Gasteiger partial charge is 0.844 e. The van der Waals surface area contributed by atoms with Crippen LogP contribution in [0.2, 0.25) is 0 Å². The van der Waals surface area contributed by atoms with Gasteiger partial charge in [-0.3, -0.25) is 31.9 Å². The molecule has 0 saturated carbocycles. The number of benzene rings is 2. The van der Waals surface area contributed by atoms with E-state index in [0.29, 0.717) is 11.7 Å². The lowest BCUT2D eigenvalue weighted by atomic mass is 10.1. The van der Waals surface area contributed by atoms with Gasteiger partial charge in [0.05, 0.1) is 11.1 Å². The zero-order chi connectivity index (χ0) is 25.3. The van der Waals surface area contributed by atoms with Crippen molar-refractivity contribution in [3.63, 3.8) is 0 Å². The summed E-state index contributed by atoms with van der Waals surface area (Å²) in [4.78, 5) is 22.1. The summed E-state index contributed by atoms with van der Waals surface area (Å²) in [5, 5.41) is 46.9.